The van der Waals surface area contributed by atoms with Gasteiger partial charge in [-0.3, -0.25) is 4.57 Å². The van der Waals surface area contributed by atoms with Gasteiger partial charge >= 0.3 is 5.69 Å². The molecule has 1 aromatic heterocycles. The van der Waals surface area contributed by atoms with Crippen LogP contribution >= 0.6 is 27.5 Å². The molecule has 0 unspecified atom stereocenters. The van der Waals surface area contributed by atoms with Crippen molar-refractivity contribution in [2.75, 3.05) is 12.4 Å². The van der Waals surface area contributed by atoms with Crippen LogP contribution in [0.3, 0.4) is 0 Å². The molecule has 0 aliphatic carbocycles. The van der Waals surface area contributed by atoms with Gasteiger partial charge < -0.3 is 5.32 Å². The Balaban J connectivity index is 2.45. The average molecular weight is 365 g/mol. The molecule has 21 heavy (non-hydrogen) atoms. The molecule has 1 N–H and O–H groups in total. The quantitative estimate of drug-likeness (QED) is 0.751. The van der Waals surface area contributed by atoms with E-state index in [1.807, 2.05) is 30.3 Å². The molecule has 3 aromatic rings. The topological polar surface area (TPSA) is 46.9 Å². The minimum absolute atomic E-state index is 0.354. The normalized spacial score (nSPS) is 10.8. The summed E-state index contributed by atoms with van der Waals surface area (Å²) in [6.45, 7) is 0. The molecule has 6 heteroatoms. The summed E-state index contributed by atoms with van der Waals surface area (Å²) in [5.74, 6) is 0.540. The molecular weight excluding hydrogens is 354 g/mol. The number of nitrogens with zero attached hydrogens (tertiary/aromatic N) is 2. The van der Waals surface area contributed by atoms with E-state index in [1.165, 1.54) is 0 Å². The SMILES string of the molecule is CNc1nc(=O)n(-c2cccc(Br)c2)c2cc(Cl)ccc12. The van der Waals surface area contributed by atoms with E-state index in [1.54, 1.807) is 23.7 Å². The molecule has 106 valence electrons. The number of fused-ring (bicyclic) bond motifs is 1. The van der Waals surface area contributed by atoms with Gasteiger partial charge in [-0.25, -0.2) is 4.79 Å². The van der Waals surface area contributed by atoms with Crippen molar-refractivity contribution >= 4 is 44.3 Å². The van der Waals surface area contributed by atoms with E-state index in [2.05, 4.69) is 26.2 Å². The van der Waals surface area contributed by atoms with Crippen molar-refractivity contribution in [2.45, 2.75) is 0 Å². The van der Waals surface area contributed by atoms with Crippen LogP contribution < -0.4 is 11.0 Å². The molecule has 0 fully saturated rings. The molecule has 1 heterocycles. The first-order chi connectivity index (χ1) is 10.1. The zero-order valence-electron chi connectivity index (χ0n) is 11.1. The van der Waals surface area contributed by atoms with Crippen molar-refractivity contribution in [2.24, 2.45) is 0 Å². The first-order valence-corrected chi connectivity index (χ1v) is 7.43. The van der Waals surface area contributed by atoms with Gasteiger partial charge in [0.1, 0.15) is 5.82 Å². The van der Waals surface area contributed by atoms with E-state index in [9.17, 15) is 4.79 Å². The van der Waals surface area contributed by atoms with Crippen LogP contribution in [0.25, 0.3) is 16.6 Å². The van der Waals surface area contributed by atoms with Gasteiger partial charge in [-0.05, 0) is 36.4 Å². The first-order valence-electron chi connectivity index (χ1n) is 6.26. The summed E-state index contributed by atoms with van der Waals surface area (Å²) in [4.78, 5) is 16.5. The lowest BCUT2D eigenvalue weighted by atomic mass is 10.2. The fourth-order valence-electron chi connectivity index (χ4n) is 2.25. The summed E-state index contributed by atoms with van der Waals surface area (Å²) in [6.07, 6.45) is 0. The minimum atomic E-state index is -0.354. The largest absolute Gasteiger partial charge is 0.372 e. The van der Waals surface area contributed by atoms with E-state index < -0.39 is 0 Å². The summed E-state index contributed by atoms with van der Waals surface area (Å²) in [5, 5.41) is 4.35. The highest BCUT2D eigenvalue weighted by atomic mass is 79.9. The van der Waals surface area contributed by atoms with Crippen molar-refractivity contribution in [3.8, 4) is 5.69 Å². The highest BCUT2D eigenvalue weighted by molar-refractivity contribution is 9.10. The number of benzene rings is 2. The lowest BCUT2D eigenvalue weighted by Crippen LogP contribution is -2.23. The Morgan fingerprint density at radius 3 is 2.76 bits per heavy atom. The second-order valence-electron chi connectivity index (χ2n) is 4.47. The van der Waals surface area contributed by atoms with Crippen LogP contribution in [-0.4, -0.2) is 16.6 Å². The van der Waals surface area contributed by atoms with Crippen LogP contribution in [0.5, 0.6) is 0 Å². The van der Waals surface area contributed by atoms with Crippen LogP contribution in [0.4, 0.5) is 5.82 Å². The number of hydrogen-bond donors (Lipinski definition) is 1. The summed E-state index contributed by atoms with van der Waals surface area (Å²) in [7, 11) is 1.74. The monoisotopic (exact) mass is 363 g/mol. The van der Waals surface area contributed by atoms with E-state index in [0.717, 1.165) is 15.5 Å². The first kappa shape index (κ1) is 14.1. The molecule has 0 bridgehead atoms. The van der Waals surface area contributed by atoms with E-state index in [0.29, 0.717) is 16.4 Å². The van der Waals surface area contributed by atoms with Crippen LogP contribution in [0.2, 0.25) is 5.02 Å². The van der Waals surface area contributed by atoms with Gasteiger partial charge in [0.05, 0.1) is 11.2 Å². The smallest absolute Gasteiger partial charge is 0.354 e. The maximum absolute atomic E-state index is 12.4. The average Bonchev–Trinajstić information content (AvgIpc) is 2.46. The highest BCUT2D eigenvalue weighted by Gasteiger charge is 2.11. The summed E-state index contributed by atoms with van der Waals surface area (Å²) in [6, 6.07) is 12.9. The van der Waals surface area contributed by atoms with Crippen molar-refractivity contribution < 1.29 is 0 Å². The highest BCUT2D eigenvalue weighted by Crippen LogP contribution is 2.25. The molecule has 0 aliphatic heterocycles. The summed E-state index contributed by atoms with van der Waals surface area (Å²) < 4.78 is 2.44. The molecule has 0 saturated carbocycles. The molecule has 0 aliphatic rings. The third-order valence-corrected chi connectivity index (χ3v) is 3.89. The second-order valence-corrected chi connectivity index (χ2v) is 5.82. The van der Waals surface area contributed by atoms with Gasteiger partial charge in [-0.2, -0.15) is 4.98 Å². The van der Waals surface area contributed by atoms with Crippen molar-refractivity contribution in [1.82, 2.24) is 9.55 Å². The molecule has 0 amide bonds. The van der Waals surface area contributed by atoms with Crippen molar-refractivity contribution in [1.29, 1.82) is 0 Å². The maximum Gasteiger partial charge on any atom is 0.354 e. The number of anilines is 1. The Morgan fingerprint density at radius 2 is 2.05 bits per heavy atom. The minimum Gasteiger partial charge on any atom is -0.372 e. The van der Waals surface area contributed by atoms with Crippen LogP contribution in [0.1, 0.15) is 0 Å². The van der Waals surface area contributed by atoms with Crippen LogP contribution in [-0.2, 0) is 0 Å². The van der Waals surface area contributed by atoms with E-state index >= 15 is 0 Å². The number of rotatable bonds is 2. The molecule has 0 atom stereocenters. The van der Waals surface area contributed by atoms with Gasteiger partial charge in [0.25, 0.3) is 0 Å². The van der Waals surface area contributed by atoms with Crippen LogP contribution in [0.15, 0.2) is 51.7 Å². The standard InChI is InChI=1S/C15H11BrClN3O/c1-18-14-12-6-5-10(17)8-13(12)20(15(21)19-14)11-4-2-3-9(16)7-11/h2-8H,1H3,(H,18,19,21). The summed E-state index contributed by atoms with van der Waals surface area (Å²) >= 11 is 9.51. The Kier molecular flexibility index (Phi) is 3.69. The predicted octanol–water partition coefficient (Wildman–Crippen LogP) is 3.84. The zero-order chi connectivity index (χ0) is 15.0. The molecule has 0 spiro atoms. The summed E-state index contributed by atoms with van der Waals surface area (Å²) in [5.41, 5.74) is 1.09. The molecule has 0 saturated heterocycles. The lowest BCUT2D eigenvalue weighted by molar-refractivity contribution is 0.960. The fraction of sp³-hybridized carbons (Fsp3) is 0.0667. The molecular formula is C15H11BrClN3O. The lowest BCUT2D eigenvalue weighted by Gasteiger charge is -2.13. The van der Waals surface area contributed by atoms with Gasteiger partial charge in [0.15, 0.2) is 0 Å². The Labute approximate surface area is 134 Å². The van der Waals surface area contributed by atoms with Crippen molar-refractivity contribution in [3.05, 3.63) is 62.4 Å². The number of nitrogens with one attached hydrogen (secondary N) is 1. The molecule has 3 rings (SSSR count). The Morgan fingerprint density at radius 1 is 1.24 bits per heavy atom. The second kappa shape index (κ2) is 5.50. The number of hydrogen-bond acceptors (Lipinski definition) is 3. The van der Waals surface area contributed by atoms with Crippen molar-refractivity contribution in [3.63, 3.8) is 0 Å². The third kappa shape index (κ3) is 2.54. The predicted molar refractivity (Wildman–Crippen MR) is 89.6 cm³/mol. The fourth-order valence-corrected chi connectivity index (χ4v) is 2.81. The van der Waals surface area contributed by atoms with Gasteiger partial charge in [-0.15, -0.1) is 0 Å². The zero-order valence-corrected chi connectivity index (χ0v) is 13.4. The van der Waals surface area contributed by atoms with Gasteiger partial charge in [0, 0.05) is 21.9 Å². The van der Waals surface area contributed by atoms with E-state index in [-0.39, 0.29) is 5.69 Å². The Hall–Kier alpha value is -1.85. The maximum atomic E-state index is 12.4. The van der Waals surface area contributed by atoms with Gasteiger partial charge in [0.2, 0.25) is 0 Å². The molecule has 2 aromatic carbocycles. The van der Waals surface area contributed by atoms with E-state index in [4.69, 9.17) is 11.6 Å². The van der Waals surface area contributed by atoms with Gasteiger partial charge in [-0.1, -0.05) is 33.6 Å². The number of aromatic nitrogens is 2. The molecule has 4 nitrogen and oxygen atoms in total. The van der Waals surface area contributed by atoms with Crippen LogP contribution in [0, 0.1) is 0 Å². The third-order valence-electron chi connectivity index (χ3n) is 3.16. The number of halogens is 2. The Bertz CT molecular complexity index is 892. The molecule has 0 radical (unpaired) electrons.